The summed E-state index contributed by atoms with van der Waals surface area (Å²) in [6.45, 7) is 12.2. The van der Waals surface area contributed by atoms with E-state index in [1.54, 1.807) is 41.5 Å². The standard InChI is InChI=1S/C13H23NO6.C8H15NO4.C4H9NO3.ClH/c1-8(14-12(18)20-13(2,3)4)10(16)6-9(7-15)11(17)19-5;1-5(6(10)11)9-7(12)13-8(2,3)4;1-8-4(7)3(5)2-6;/h8-9,15H,6-7H2,1-5H3,(H,14,18);5H,1-4H3,(H,9,12)(H,10,11);3,6H,2,5H2,1H3;1H/t8-,9?;5-;;/m11../s1. The van der Waals surface area contributed by atoms with Crippen LogP contribution in [0, 0.1) is 5.92 Å². The molecule has 16 nitrogen and oxygen atoms in total. The molecule has 0 aliphatic rings. The number of aliphatic carboxylic acids is 1. The van der Waals surface area contributed by atoms with Crippen molar-refractivity contribution in [3.8, 4) is 0 Å². The van der Waals surface area contributed by atoms with Crippen molar-refractivity contribution >= 4 is 48.3 Å². The molecule has 7 N–H and O–H groups in total. The Hall–Kier alpha value is -3.21. The highest BCUT2D eigenvalue weighted by Gasteiger charge is 2.26. The molecule has 0 rings (SSSR count). The van der Waals surface area contributed by atoms with Crippen LogP contribution in [0.2, 0.25) is 0 Å². The molecular formula is C25H48ClN3O13. The van der Waals surface area contributed by atoms with Gasteiger partial charge in [0.15, 0.2) is 5.78 Å². The number of carboxylic acid groups (broad SMARTS) is 1. The number of alkyl carbamates (subject to hydrolysis) is 2. The molecule has 0 saturated heterocycles. The van der Waals surface area contributed by atoms with Gasteiger partial charge >= 0.3 is 30.1 Å². The fourth-order valence-electron chi connectivity index (χ4n) is 2.15. The number of aliphatic hydroxyl groups excluding tert-OH is 2. The maximum Gasteiger partial charge on any atom is 0.408 e. The number of methoxy groups -OCH3 is 2. The minimum Gasteiger partial charge on any atom is -0.480 e. The maximum atomic E-state index is 11.8. The summed E-state index contributed by atoms with van der Waals surface area (Å²) in [5, 5.41) is 30.3. The molecule has 0 aliphatic heterocycles. The van der Waals surface area contributed by atoms with E-state index in [2.05, 4.69) is 20.1 Å². The van der Waals surface area contributed by atoms with Gasteiger partial charge in [-0.3, -0.25) is 19.2 Å². The van der Waals surface area contributed by atoms with Gasteiger partial charge in [0.1, 0.15) is 23.3 Å². The number of aliphatic hydroxyl groups is 2. The molecule has 0 heterocycles. The van der Waals surface area contributed by atoms with Crippen molar-refractivity contribution in [2.75, 3.05) is 27.4 Å². The number of ketones is 1. The van der Waals surface area contributed by atoms with E-state index in [0.717, 1.165) is 0 Å². The van der Waals surface area contributed by atoms with E-state index in [1.165, 1.54) is 28.1 Å². The summed E-state index contributed by atoms with van der Waals surface area (Å²) in [6.07, 6.45) is -1.64. The highest BCUT2D eigenvalue weighted by atomic mass is 35.5. The number of rotatable bonds is 10. The first-order chi connectivity index (χ1) is 18.5. The predicted molar refractivity (Wildman–Crippen MR) is 152 cm³/mol. The Balaban J connectivity index is -0.000000282. The van der Waals surface area contributed by atoms with Crippen molar-refractivity contribution in [2.45, 2.75) is 91.1 Å². The zero-order chi connectivity index (χ0) is 33.1. The number of carbonyl (C=O) groups is 6. The summed E-state index contributed by atoms with van der Waals surface area (Å²) in [7, 11) is 2.40. The number of Topliss-reactive ketones (excluding diaryl/α,β-unsaturated/α-hetero) is 1. The average Bonchev–Trinajstić information content (AvgIpc) is 2.83. The van der Waals surface area contributed by atoms with Crippen LogP contribution in [0.1, 0.15) is 61.8 Å². The molecule has 248 valence electrons. The van der Waals surface area contributed by atoms with Gasteiger partial charge < -0.3 is 50.6 Å². The van der Waals surface area contributed by atoms with Crippen LogP contribution < -0.4 is 16.4 Å². The molecule has 0 fully saturated rings. The first kappa shape index (κ1) is 45.8. The van der Waals surface area contributed by atoms with Crippen LogP contribution >= 0.6 is 12.4 Å². The van der Waals surface area contributed by atoms with Crippen molar-refractivity contribution < 1.29 is 63.0 Å². The minimum absolute atomic E-state index is 0. The van der Waals surface area contributed by atoms with E-state index >= 15 is 0 Å². The third-order valence-corrected chi connectivity index (χ3v) is 4.22. The zero-order valence-electron chi connectivity index (χ0n) is 25.8. The van der Waals surface area contributed by atoms with Crippen LogP contribution in [0.4, 0.5) is 9.59 Å². The van der Waals surface area contributed by atoms with Gasteiger partial charge in [0.25, 0.3) is 0 Å². The van der Waals surface area contributed by atoms with Crippen LogP contribution in [-0.4, -0.2) is 108 Å². The summed E-state index contributed by atoms with van der Waals surface area (Å²) < 4.78 is 18.5. The van der Waals surface area contributed by atoms with E-state index in [-0.39, 0.29) is 31.2 Å². The van der Waals surface area contributed by atoms with Crippen molar-refractivity contribution in [1.82, 2.24) is 10.6 Å². The number of halogens is 1. The maximum absolute atomic E-state index is 11.8. The molecule has 0 aromatic carbocycles. The van der Waals surface area contributed by atoms with Crippen molar-refractivity contribution in [1.29, 1.82) is 0 Å². The number of ether oxygens (including phenoxy) is 4. The van der Waals surface area contributed by atoms with E-state index in [4.69, 9.17) is 30.5 Å². The van der Waals surface area contributed by atoms with Crippen LogP contribution in [-0.2, 0) is 38.1 Å². The molecule has 17 heteroatoms. The SMILES string of the molecule is COC(=O)C(CO)CC(=O)[C@@H](C)NC(=O)OC(C)(C)C.COC(=O)C(N)CO.C[C@@H](NC(=O)OC(C)(C)C)C(=O)O.Cl. The Morgan fingerprint density at radius 2 is 1.12 bits per heavy atom. The molecule has 2 unspecified atom stereocenters. The van der Waals surface area contributed by atoms with Gasteiger partial charge in [0.2, 0.25) is 0 Å². The third-order valence-electron chi connectivity index (χ3n) is 4.22. The van der Waals surface area contributed by atoms with Crippen LogP contribution in [0.3, 0.4) is 0 Å². The first-order valence-electron chi connectivity index (χ1n) is 12.4. The van der Waals surface area contributed by atoms with Gasteiger partial charge in [0.05, 0.1) is 39.4 Å². The summed E-state index contributed by atoms with van der Waals surface area (Å²) in [6, 6.07) is -2.64. The zero-order valence-corrected chi connectivity index (χ0v) is 26.7. The van der Waals surface area contributed by atoms with Gasteiger partial charge in [-0.2, -0.15) is 0 Å². The number of carboxylic acids is 1. The molecule has 2 amide bonds. The summed E-state index contributed by atoms with van der Waals surface area (Å²) in [5.41, 5.74) is 3.73. The highest BCUT2D eigenvalue weighted by Crippen LogP contribution is 2.10. The number of amides is 2. The highest BCUT2D eigenvalue weighted by molar-refractivity contribution is 5.90. The number of nitrogens with two attached hydrogens (primary N) is 1. The molecular weight excluding hydrogens is 586 g/mol. The van der Waals surface area contributed by atoms with Crippen LogP contribution in [0.25, 0.3) is 0 Å². The molecule has 0 bridgehead atoms. The largest absolute Gasteiger partial charge is 0.480 e. The number of carbonyl (C=O) groups excluding carboxylic acids is 5. The first-order valence-corrected chi connectivity index (χ1v) is 12.4. The van der Waals surface area contributed by atoms with E-state index in [0.29, 0.717) is 0 Å². The molecule has 4 atom stereocenters. The smallest absolute Gasteiger partial charge is 0.408 e. The number of hydrogen-bond acceptors (Lipinski definition) is 13. The lowest BCUT2D eigenvalue weighted by molar-refractivity contribution is -0.148. The fourth-order valence-corrected chi connectivity index (χ4v) is 2.15. The number of nitrogens with one attached hydrogen (secondary N) is 2. The number of hydrogen-bond donors (Lipinski definition) is 6. The molecule has 0 spiro atoms. The van der Waals surface area contributed by atoms with Crippen molar-refractivity contribution in [3.05, 3.63) is 0 Å². The lowest BCUT2D eigenvalue weighted by Crippen LogP contribution is -2.42. The Kier molecular flexibility index (Phi) is 24.4. The lowest BCUT2D eigenvalue weighted by atomic mass is 10.00. The van der Waals surface area contributed by atoms with Gasteiger partial charge in [-0.05, 0) is 55.4 Å². The normalized spacial score (nSPS) is 13.3. The molecule has 0 aliphatic carbocycles. The topological polar surface area (TPSA) is 250 Å². The Morgan fingerprint density at radius 3 is 1.38 bits per heavy atom. The monoisotopic (exact) mass is 633 g/mol. The molecule has 42 heavy (non-hydrogen) atoms. The summed E-state index contributed by atoms with van der Waals surface area (Å²) >= 11 is 0. The molecule has 0 radical (unpaired) electrons. The molecule has 0 aromatic rings. The summed E-state index contributed by atoms with van der Waals surface area (Å²) in [5.74, 6) is -3.65. The van der Waals surface area contributed by atoms with Crippen molar-refractivity contribution in [3.63, 3.8) is 0 Å². The second kappa shape index (κ2) is 22.4. The van der Waals surface area contributed by atoms with Crippen LogP contribution in [0.5, 0.6) is 0 Å². The average molecular weight is 634 g/mol. The fraction of sp³-hybridized carbons (Fsp3) is 0.760. The number of esters is 2. The van der Waals surface area contributed by atoms with E-state index in [1.807, 2.05) is 0 Å². The Morgan fingerprint density at radius 1 is 0.738 bits per heavy atom. The second-order valence-corrected chi connectivity index (χ2v) is 10.5. The molecule has 0 saturated carbocycles. The van der Waals surface area contributed by atoms with E-state index < -0.39 is 71.9 Å². The van der Waals surface area contributed by atoms with Crippen molar-refractivity contribution in [2.24, 2.45) is 11.7 Å². The second-order valence-electron chi connectivity index (χ2n) is 10.5. The predicted octanol–water partition coefficient (Wildman–Crippen LogP) is 0.525. The van der Waals surface area contributed by atoms with E-state index in [9.17, 15) is 28.8 Å². The lowest BCUT2D eigenvalue weighted by Gasteiger charge is -2.22. The van der Waals surface area contributed by atoms with Gasteiger partial charge in [-0.15, -0.1) is 12.4 Å². The third kappa shape index (κ3) is 25.7. The summed E-state index contributed by atoms with van der Waals surface area (Å²) in [4.78, 5) is 66.1. The Labute approximate surface area is 252 Å². The van der Waals surface area contributed by atoms with Gasteiger partial charge in [0, 0.05) is 6.42 Å². The minimum atomic E-state index is -1.09. The van der Waals surface area contributed by atoms with Gasteiger partial charge in [-0.1, -0.05) is 0 Å². The van der Waals surface area contributed by atoms with Crippen LogP contribution in [0.15, 0.2) is 0 Å². The van der Waals surface area contributed by atoms with Gasteiger partial charge in [-0.25, -0.2) is 9.59 Å². The quantitative estimate of drug-likeness (QED) is 0.142. The Bertz CT molecular complexity index is 857. The molecule has 0 aromatic heterocycles.